The third-order valence-electron chi connectivity index (χ3n) is 6.22. The van der Waals surface area contributed by atoms with Crippen LogP contribution in [-0.4, -0.2) is 38.9 Å². The fourth-order valence-electron chi connectivity index (χ4n) is 4.86. The maximum Gasteiger partial charge on any atom is 0.233 e. The molecule has 2 fully saturated rings. The summed E-state index contributed by atoms with van der Waals surface area (Å²) in [5.74, 6) is 0.321. The third-order valence-corrected chi connectivity index (χ3v) is 6.22. The van der Waals surface area contributed by atoms with E-state index >= 15 is 0 Å². The van der Waals surface area contributed by atoms with Gasteiger partial charge in [-0.05, 0) is 49.3 Å². The number of carbonyl (C=O) groups is 1. The van der Waals surface area contributed by atoms with Crippen molar-refractivity contribution < 1.29 is 9.18 Å². The van der Waals surface area contributed by atoms with Crippen LogP contribution < -0.4 is 0 Å². The number of nitrogens with zero attached hydrogens (tertiary/aromatic N) is 4. The lowest BCUT2D eigenvalue weighted by atomic mass is 9.68. The van der Waals surface area contributed by atoms with Gasteiger partial charge < -0.3 is 4.90 Å². The second-order valence-corrected chi connectivity index (χ2v) is 8.04. The molecule has 4 rings (SSSR count). The fourth-order valence-corrected chi connectivity index (χ4v) is 4.86. The Bertz CT molecular complexity index is 770. The van der Waals surface area contributed by atoms with Crippen molar-refractivity contribution in [3.05, 3.63) is 48.0 Å². The zero-order valence-corrected chi connectivity index (χ0v) is 15.7. The Morgan fingerprint density at radius 3 is 2.81 bits per heavy atom. The molecule has 5 nitrogen and oxygen atoms in total. The van der Waals surface area contributed by atoms with Crippen molar-refractivity contribution in [2.45, 2.75) is 56.9 Å². The second kappa shape index (κ2) is 7.79. The standard InChI is InChI=1S/C21H27FN4O/c22-19-8-4-7-18(14-19)21(9-2-1-3-10-21)20(27)25-12-5-6-17(15-25)16-26-13-11-23-24-26/h4,7-8,11,13-14,17H,1-3,5-6,9-10,12,15-16H2/t17-/m0/s1. The third kappa shape index (κ3) is 3.75. The van der Waals surface area contributed by atoms with Crippen LogP contribution in [0.1, 0.15) is 50.5 Å². The van der Waals surface area contributed by atoms with Gasteiger partial charge in [-0.25, -0.2) is 4.39 Å². The van der Waals surface area contributed by atoms with Gasteiger partial charge in [0, 0.05) is 25.8 Å². The summed E-state index contributed by atoms with van der Waals surface area (Å²) in [6, 6.07) is 6.70. The van der Waals surface area contributed by atoms with Crippen molar-refractivity contribution >= 4 is 5.91 Å². The van der Waals surface area contributed by atoms with E-state index in [9.17, 15) is 9.18 Å². The first-order valence-corrected chi connectivity index (χ1v) is 10.1. The predicted octanol–water partition coefficient (Wildman–Crippen LogP) is 3.56. The van der Waals surface area contributed by atoms with Gasteiger partial charge in [-0.1, -0.05) is 36.6 Å². The summed E-state index contributed by atoms with van der Waals surface area (Å²) in [5, 5.41) is 7.93. The molecule has 2 heterocycles. The largest absolute Gasteiger partial charge is 0.342 e. The highest BCUT2D eigenvalue weighted by Gasteiger charge is 2.44. The molecule has 1 aromatic heterocycles. The van der Waals surface area contributed by atoms with Crippen molar-refractivity contribution in [2.75, 3.05) is 13.1 Å². The van der Waals surface area contributed by atoms with Crippen LogP contribution in [0.4, 0.5) is 4.39 Å². The molecule has 6 heteroatoms. The van der Waals surface area contributed by atoms with Gasteiger partial charge in [0.05, 0.1) is 11.6 Å². The van der Waals surface area contributed by atoms with E-state index in [1.54, 1.807) is 18.3 Å². The van der Waals surface area contributed by atoms with Gasteiger partial charge in [-0.2, -0.15) is 0 Å². The number of amides is 1. The Labute approximate surface area is 159 Å². The number of benzene rings is 1. The van der Waals surface area contributed by atoms with E-state index in [1.807, 2.05) is 21.8 Å². The minimum atomic E-state index is -0.560. The number of piperidine rings is 1. The predicted molar refractivity (Wildman–Crippen MR) is 100 cm³/mol. The van der Waals surface area contributed by atoms with E-state index < -0.39 is 5.41 Å². The summed E-state index contributed by atoms with van der Waals surface area (Å²) in [7, 11) is 0. The van der Waals surface area contributed by atoms with E-state index in [2.05, 4.69) is 10.3 Å². The molecule has 0 radical (unpaired) electrons. The smallest absolute Gasteiger partial charge is 0.233 e. The number of hydrogen-bond donors (Lipinski definition) is 0. The van der Waals surface area contributed by atoms with Crippen LogP contribution in [0.15, 0.2) is 36.7 Å². The van der Waals surface area contributed by atoms with Gasteiger partial charge in [0.1, 0.15) is 5.82 Å². The van der Waals surface area contributed by atoms with E-state index in [-0.39, 0.29) is 11.7 Å². The number of likely N-dealkylation sites (tertiary alicyclic amines) is 1. The van der Waals surface area contributed by atoms with Gasteiger partial charge in [0.15, 0.2) is 0 Å². The molecule has 1 saturated carbocycles. The zero-order chi connectivity index (χ0) is 18.7. The number of halogens is 1. The molecule has 1 saturated heterocycles. The molecule has 0 bridgehead atoms. The summed E-state index contributed by atoms with van der Waals surface area (Å²) in [6.07, 6.45) is 10.5. The number of rotatable bonds is 4. The molecule has 27 heavy (non-hydrogen) atoms. The molecule has 1 aliphatic carbocycles. The quantitative estimate of drug-likeness (QED) is 0.827. The Hall–Kier alpha value is -2.24. The van der Waals surface area contributed by atoms with E-state index in [1.165, 1.54) is 6.07 Å². The molecule has 2 aliphatic rings. The molecule has 144 valence electrons. The molecule has 1 aromatic carbocycles. The topological polar surface area (TPSA) is 51.0 Å². The number of hydrogen-bond acceptors (Lipinski definition) is 3. The van der Waals surface area contributed by atoms with Crippen molar-refractivity contribution in [2.24, 2.45) is 5.92 Å². The first kappa shape index (κ1) is 18.1. The van der Waals surface area contributed by atoms with Crippen LogP contribution >= 0.6 is 0 Å². The highest BCUT2D eigenvalue weighted by atomic mass is 19.1. The summed E-state index contributed by atoms with van der Waals surface area (Å²) >= 11 is 0. The highest BCUT2D eigenvalue weighted by molar-refractivity contribution is 5.88. The zero-order valence-electron chi connectivity index (χ0n) is 15.7. The molecular formula is C21H27FN4O. The molecular weight excluding hydrogens is 343 g/mol. The van der Waals surface area contributed by atoms with Gasteiger partial charge in [0.25, 0.3) is 0 Å². The van der Waals surface area contributed by atoms with E-state index in [0.717, 1.165) is 70.1 Å². The van der Waals surface area contributed by atoms with Crippen LogP contribution in [0.2, 0.25) is 0 Å². The minimum absolute atomic E-state index is 0.191. The van der Waals surface area contributed by atoms with Gasteiger partial charge >= 0.3 is 0 Å². The number of aromatic nitrogens is 3. The van der Waals surface area contributed by atoms with Gasteiger partial charge in [-0.3, -0.25) is 9.48 Å². The van der Waals surface area contributed by atoms with Crippen molar-refractivity contribution in [3.63, 3.8) is 0 Å². The lowest BCUT2D eigenvalue weighted by molar-refractivity contribution is -0.141. The summed E-state index contributed by atoms with van der Waals surface area (Å²) in [4.78, 5) is 15.7. The van der Waals surface area contributed by atoms with Crippen LogP contribution in [0.3, 0.4) is 0 Å². The van der Waals surface area contributed by atoms with Crippen molar-refractivity contribution in [1.29, 1.82) is 0 Å². The lowest BCUT2D eigenvalue weighted by Crippen LogP contribution is -2.51. The second-order valence-electron chi connectivity index (χ2n) is 8.04. The monoisotopic (exact) mass is 370 g/mol. The number of carbonyl (C=O) groups excluding carboxylic acids is 1. The molecule has 0 spiro atoms. The first-order valence-electron chi connectivity index (χ1n) is 10.1. The Morgan fingerprint density at radius 1 is 1.22 bits per heavy atom. The fraction of sp³-hybridized carbons (Fsp3) is 0.571. The van der Waals surface area contributed by atoms with Crippen LogP contribution in [0, 0.1) is 11.7 Å². The van der Waals surface area contributed by atoms with Crippen LogP contribution in [0.5, 0.6) is 0 Å². The minimum Gasteiger partial charge on any atom is -0.342 e. The van der Waals surface area contributed by atoms with Crippen LogP contribution in [0.25, 0.3) is 0 Å². The summed E-state index contributed by atoms with van der Waals surface area (Å²) in [6.45, 7) is 2.33. The molecule has 0 unspecified atom stereocenters. The Kier molecular flexibility index (Phi) is 5.23. The summed E-state index contributed by atoms with van der Waals surface area (Å²) in [5.41, 5.74) is 0.292. The lowest BCUT2D eigenvalue weighted by Gasteiger charge is -2.43. The molecule has 0 N–H and O–H groups in total. The highest BCUT2D eigenvalue weighted by Crippen LogP contribution is 2.42. The first-order chi connectivity index (χ1) is 13.2. The average molecular weight is 370 g/mol. The van der Waals surface area contributed by atoms with Gasteiger partial charge in [0.2, 0.25) is 5.91 Å². The average Bonchev–Trinajstić information content (AvgIpc) is 3.21. The van der Waals surface area contributed by atoms with E-state index in [0.29, 0.717) is 5.92 Å². The Morgan fingerprint density at radius 2 is 2.07 bits per heavy atom. The molecule has 1 atom stereocenters. The molecule has 1 aliphatic heterocycles. The SMILES string of the molecule is O=C(N1CCC[C@H](Cn2ccnn2)C1)C1(c2cccc(F)c2)CCCCC1. The van der Waals surface area contributed by atoms with Crippen molar-refractivity contribution in [1.82, 2.24) is 19.9 Å². The normalized spacial score (nSPS) is 22.6. The molecule has 2 aromatic rings. The van der Waals surface area contributed by atoms with E-state index in [4.69, 9.17) is 0 Å². The maximum atomic E-state index is 13.9. The summed E-state index contributed by atoms with van der Waals surface area (Å²) < 4.78 is 15.8. The maximum absolute atomic E-state index is 13.9. The Balaban J connectivity index is 1.56. The van der Waals surface area contributed by atoms with Crippen molar-refractivity contribution in [3.8, 4) is 0 Å². The molecule has 1 amide bonds. The van der Waals surface area contributed by atoms with Crippen LogP contribution in [-0.2, 0) is 16.8 Å². The van der Waals surface area contributed by atoms with Gasteiger partial charge in [-0.15, -0.1) is 5.10 Å².